The van der Waals surface area contributed by atoms with Crippen LogP contribution in [0.3, 0.4) is 0 Å². The van der Waals surface area contributed by atoms with Gasteiger partial charge in [-0.1, -0.05) is 12.1 Å². The predicted octanol–water partition coefficient (Wildman–Crippen LogP) is 2.43. The molecule has 142 valence electrons. The summed E-state index contributed by atoms with van der Waals surface area (Å²) in [5.41, 5.74) is 2.72. The van der Waals surface area contributed by atoms with Crippen molar-refractivity contribution in [2.24, 2.45) is 5.92 Å². The molecule has 1 aromatic heterocycles. The molecule has 7 heteroatoms. The Hall–Kier alpha value is -3.09. The Morgan fingerprint density at radius 2 is 2.07 bits per heavy atom. The van der Waals surface area contributed by atoms with Crippen LogP contribution in [0.1, 0.15) is 23.3 Å². The van der Waals surface area contributed by atoms with Crippen LogP contribution in [0, 0.1) is 19.8 Å². The molecule has 2 heterocycles. The molecule has 7 nitrogen and oxygen atoms in total. The lowest BCUT2D eigenvalue weighted by atomic mass is 10.1. The molecule has 1 unspecified atom stereocenters. The van der Waals surface area contributed by atoms with Crippen LogP contribution in [-0.2, 0) is 25.7 Å². The first-order chi connectivity index (χ1) is 12.9. The zero-order valence-corrected chi connectivity index (χ0v) is 15.4. The molecular formula is C20H22N2O5. The maximum atomic E-state index is 12.2. The van der Waals surface area contributed by atoms with Crippen molar-refractivity contribution in [3.05, 3.63) is 53.5 Å². The second-order valence-corrected chi connectivity index (χ2v) is 6.66. The smallest absolute Gasteiger partial charge is 0.311 e. The molecule has 0 radical (unpaired) electrons. The number of anilines is 1. The minimum absolute atomic E-state index is 0.0815. The molecule has 3 rings (SSSR count). The van der Waals surface area contributed by atoms with Gasteiger partial charge in [-0.3, -0.25) is 14.4 Å². The molecule has 1 aromatic carbocycles. The van der Waals surface area contributed by atoms with Crippen LogP contribution in [0.15, 0.2) is 41.0 Å². The van der Waals surface area contributed by atoms with E-state index in [4.69, 9.17) is 9.15 Å². The Labute approximate surface area is 157 Å². The van der Waals surface area contributed by atoms with Crippen molar-refractivity contribution in [2.75, 3.05) is 18.5 Å². The summed E-state index contributed by atoms with van der Waals surface area (Å²) in [4.78, 5) is 37.9. The van der Waals surface area contributed by atoms with Crippen LogP contribution in [0.2, 0.25) is 0 Å². The minimum atomic E-state index is -0.569. The van der Waals surface area contributed by atoms with E-state index in [1.165, 1.54) is 6.26 Å². The van der Waals surface area contributed by atoms with Gasteiger partial charge >= 0.3 is 5.97 Å². The SMILES string of the molecule is Cc1cccc(NC(=O)COC(=O)C2CC(=O)N(Cc3ccco3)C2)c1C. The largest absolute Gasteiger partial charge is 0.467 e. The maximum absolute atomic E-state index is 12.2. The highest BCUT2D eigenvalue weighted by molar-refractivity contribution is 5.94. The van der Waals surface area contributed by atoms with Crippen molar-refractivity contribution in [3.8, 4) is 0 Å². The second kappa shape index (κ2) is 8.07. The lowest BCUT2D eigenvalue weighted by Crippen LogP contribution is -2.28. The van der Waals surface area contributed by atoms with Crippen molar-refractivity contribution in [2.45, 2.75) is 26.8 Å². The first kappa shape index (κ1) is 18.7. The molecule has 0 bridgehead atoms. The number of carbonyl (C=O) groups excluding carboxylic acids is 3. The number of carbonyl (C=O) groups is 3. The predicted molar refractivity (Wildman–Crippen MR) is 97.7 cm³/mol. The molecule has 0 spiro atoms. The summed E-state index contributed by atoms with van der Waals surface area (Å²) in [6.45, 7) is 4.07. The second-order valence-electron chi connectivity index (χ2n) is 6.66. The highest BCUT2D eigenvalue weighted by Gasteiger charge is 2.35. The molecule has 0 aliphatic carbocycles. The van der Waals surface area contributed by atoms with E-state index in [2.05, 4.69) is 5.32 Å². The van der Waals surface area contributed by atoms with Gasteiger partial charge in [-0.2, -0.15) is 0 Å². The summed E-state index contributed by atoms with van der Waals surface area (Å²) in [5.74, 6) is -0.991. The number of aryl methyl sites for hydroxylation is 1. The van der Waals surface area contributed by atoms with E-state index in [0.29, 0.717) is 18.0 Å². The van der Waals surface area contributed by atoms with Gasteiger partial charge in [-0.05, 0) is 43.2 Å². The van der Waals surface area contributed by atoms with Crippen LogP contribution >= 0.6 is 0 Å². The normalized spacial score (nSPS) is 16.4. The van der Waals surface area contributed by atoms with E-state index >= 15 is 0 Å². The molecule has 1 aliphatic rings. The van der Waals surface area contributed by atoms with Gasteiger partial charge in [-0.25, -0.2) is 0 Å². The average molecular weight is 370 g/mol. The van der Waals surface area contributed by atoms with E-state index in [0.717, 1.165) is 11.1 Å². The Morgan fingerprint density at radius 1 is 1.26 bits per heavy atom. The number of esters is 1. The van der Waals surface area contributed by atoms with Crippen molar-refractivity contribution >= 4 is 23.5 Å². The van der Waals surface area contributed by atoms with Crippen molar-refractivity contribution < 1.29 is 23.5 Å². The Kier molecular flexibility index (Phi) is 5.59. The summed E-state index contributed by atoms with van der Waals surface area (Å²) in [5, 5.41) is 2.74. The quantitative estimate of drug-likeness (QED) is 0.789. The Morgan fingerprint density at radius 3 is 2.81 bits per heavy atom. The summed E-state index contributed by atoms with van der Waals surface area (Å²) >= 11 is 0. The van der Waals surface area contributed by atoms with Gasteiger partial charge < -0.3 is 19.4 Å². The zero-order valence-electron chi connectivity index (χ0n) is 15.4. The maximum Gasteiger partial charge on any atom is 0.311 e. The average Bonchev–Trinajstić information content (AvgIpc) is 3.27. The third-order valence-electron chi connectivity index (χ3n) is 4.70. The summed E-state index contributed by atoms with van der Waals surface area (Å²) in [7, 11) is 0. The van der Waals surface area contributed by atoms with Crippen molar-refractivity contribution in [1.29, 1.82) is 0 Å². The fourth-order valence-corrected chi connectivity index (χ4v) is 3.00. The number of nitrogens with zero attached hydrogens (tertiary/aromatic N) is 1. The monoisotopic (exact) mass is 370 g/mol. The highest BCUT2D eigenvalue weighted by Crippen LogP contribution is 2.22. The number of nitrogens with one attached hydrogen (secondary N) is 1. The van der Waals surface area contributed by atoms with Crippen LogP contribution in [0.4, 0.5) is 5.69 Å². The molecule has 1 atom stereocenters. The standard InChI is InChI=1S/C20H22N2O5/c1-13-5-3-7-17(14(13)2)21-18(23)12-27-20(25)15-9-19(24)22(10-15)11-16-6-4-8-26-16/h3-8,15H,9-12H2,1-2H3,(H,21,23). The molecular weight excluding hydrogens is 348 g/mol. The van der Waals surface area contributed by atoms with Crippen molar-refractivity contribution in [3.63, 3.8) is 0 Å². The van der Waals surface area contributed by atoms with E-state index < -0.39 is 17.8 Å². The Bertz CT molecular complexity index is 844. The molecule has 1 aliphatic heterocycles. The molecule has 2 aromatic rings. The molecule has 1 fully saturated rings. The zero-order chi connectivity index (χ0) is 19.4. The number of likely N-dealkylation sites (tertiary alicyclic amines) is 1. The number of hydrogen-bond acceptors (Lipinski definition) is 5. The Balaban J connectivity index is 1.48. The highest BCUT2D eigenvalue weighted by atomic mass is 16.5. The van der Waals surface area contributed by atoms with Gasteiger partial charge in [0.05, 0.1) is 18.7 Å². The van der Waals surface area contributed by atoms with Gasteiger partial charge in [0, 0.05) is 18.7 Å². The molecule has 0 saturated carbocycles. The first-order valence-electron chi connectivity index (χ1n) is 8.77. The number of amides is 2. The number of benzene rings is 1. The van der Waals surface area contributed by atoms with Crippen LogP contribution < -0.4 is 5.32 Å². The van der Waals surface area contributed by atoms with Crippen LogP contribution in [-0.4, -0.2) is 35.8 Å². The van der Waals surface area contributed by atoms with Crippen molar-refractivity contribution in [1.82, 2.24) is 4.90 Å². The van der Waals surface area contributed by atoms with E-state index in [9.17, 15) is 14.4 Å². The van der Waals surface area contributed by atoms with E-state index in [-0.39, 0.29) is 25.5 Å². The molecule has 1 saturated heterocycles. The minimum Gasteiger partial charge on any atom is -0.467 e. The molecule has 27 heavy (non-hydrogen) atoms. The van der Waals surface area contributed by atoms with E-state index in [1.807, 2.05) is 26.0 Å². The van der Waals surface area contributed by atoms with Gasteiger partial charge in [-0.15, -0.1) is 0 Å². The third kappa shape index (κ3) is 4.55. The fourth-order valence-electron chi connectivity index (χ4n) is 3.00. The third-order valence-corrected chi connectivity index (χ3v) is 4.70. The summed E-state index contributed by atoms with van der Waals surface area (Å²) < 4.78 is 10.3. The molecule has 1 N–H and O–H groups in total. The van der Waals surface area contributed by atoms with E-state index in [1.54, 1.807) is 23.1 Å². The summed E-state index contributed by atoms with van der Waals surface area (Å²) in [6, 6.07) is 9.12. The van der Waals surface area contributed by atoms with Crippen LogP contribution in [0.5, 0.6) is 0 Å². The number of hydrogen-bond donors (Lipinski definition) is 1. The summed E-state index contributed by atoms with van der Waals surface area (Å²) in [6.07, 6.45) is 1.62. The first-order valence-corrected chi connectivity index (χ1v) is 8.77. The van der Waals surface area contributed by atoms with Gasteiger partial charge in [0.25, 0.3) is 5.91 Å². The fraction of sp³-hybridized carbons (Fsp3) is 0.350. The van der Waals surface area contributed by atoms with Gasteiger partial charge in [0.15, 0.2) is 6.61 Å². The van der Waals surface area contributed by atoms with Crippen LogP contribution in [0.25, 0.3) is 0 Å². The topological polar surface area (TPSA) is 88.8 Å². The number of rotatable bonds is 6. The van der Waals surface area contributed by atoms with Gasteiger partial charge in [0.2, 0.25) is 5.91 Å². The number of furan rings is 1. The van der Waals surface area contributed by atoms with Gasteiger partial charge in [0.1, 0.15) is 5.76 Å². The lowest BCUT2D eigenvalue weighted by Gasteiger charge is -2.15. The molecule has 2 amide bonds. The number of ether oxygens (including phenoxy) is 1. The lowest BCUT2D eigenvalue weighted by molar-refractivity contribution is -0.151.